The van der Waals surface area contributed by atoms with Crippen LogP contribution in [0, 0.1) is 11.6 Å². The van der Waals surface area contributed by atoms with Crippen LogP contribution in [0.15, 0.2) is 28.7 Å². The number of pyridine rings is 1. The summed E-state index contributed by atoms with van der Waals surface area (Å²) in [6.07, 6.45) is 0. The van der Waals surface area contributed by atoms with Crippen molar-refractivity contribution in [2.24, 2.45) is 0 Å². The number of anilines is 2. The van der Waals surface area contributed by atoms with Gasteiger partial charge in [-0.15, -0.1) is 0 Å². The quantitative estimate of drug-likeness (QED) is 0.633. The number of nitrogens with two attached hydrogens (primary N) is 1. The highest BCUT2D eigenvalue weighted by molar-refractivity contribution is 9.10. The van der Waals surface area contributed by atoms with Crippen molar-refractivity contribution in [1.82, 2.24) is 4.98 Å². The molecular formula is C12H7BrClF2N3O. The number of hydrogen-bond acceptors (Lipinski definition) is 3. The minimum Gasteiger partial charge on any atom is -0.384 e. The van der Waals surface area contributed by atoms with Gasteiger partial charge < -0.3 is 11.1 Å². The number of amides is 1. The number of aromatic nitrogens is 1. The lowest BCUT2D eigenvalue weighted by atomic mass is 10.2. The topological polar surface area (TPSA) is 68.0 Å². The third-order valence-electron chi connectivity index (χ3n) is 2.33. The molecule has 0 saturated heterocycles. The lowest BCUT2D eigenvalue weighted by Gasteiger charge is -2.08. The van der Waals surface area contributed by atoms with Crippen LogP contribution in [-0.2, 0) is 0 Å². The van der Waals surface area contributed by atoms with E-state index in [0.717, 1.165) is 6.07 Å². The molecule has 20 heavy (non-hydrogen) atoms. The predicted molar refractivity (Wildman–Crippen MR) is 75.7 cm³/mol. The Kier molecular flexibility index (Phi) is 4.20. The van der Waals surface area contributed by atoms with Gasteiger partial charge in [-0.2, -0.15) is 0 Å². The van der Waals surface area contributed by atoms with Gasteiger partial charge in [0.1, 0.15) is 22.6 Å². The van der Waals surface area contributed by atoms with E-state index in [-0.39, 0.29) is 26.7 Å². The number of carbonyl (C=O) groups is 1. The van der Waals surface area contributed by atoms with E-state index in [4.69, 9.17) is 17.3 Å². The first kappa shape index (κ1) is 14.7. The van der Waals surface area contributed by atoms with Crippen molar-refractivity contribution < 1.29 is 13.6 Å². The van der Waals surface area contributed by atoms with Gasteiger partial charge in [0.25, 0.3) is 5.91 Å². The highest BCUT2D eigenvalue weighted by atomic mass is 79.9. The summed E-state index contributed by atoms with van der Waals surface area (Å²) in [5.41, 5.74) is 5.40. The molecule has 0 radical (unpaired) electrons. The van der Waals surface area contributed by atoms with Crippen molar-refractivity contribution >= 4 is 44.9 Å². The van der Waals surface area contributed by atoms with Gasteiger partial charge in [0.05, 0.1) is 10.2 Å². The SMILES string of the molecule is Nc1cc(C(=O)Nc2cc(Br)c(F)cc2F)cc(Cl)n1. The van der Waals surface area contributed by atoms with Crippen LogP contribution in [-0.4, -0.2) is 10.9 Å². The van der Waals surface area contributed by atoms with Gasteiger partial charge in [0.15, 0.2) is 0 Å². The Balaban J connectivity index is 2.30. The molecule has 0 aliphatic heterocycles. The second kappa shape index (κ2) is 5.72. The van der Waals surface area contributed by atoms with Gasteiger partial charge >= 0.3 is 0 Å². The molecule has 2 rings (SSSR count). The van der Waals surface area contributed by atoms with Crippen molar-refractivity contribution in [3.05, 3.63) is 51.1 Å². The monoisotopic (exact) mass is 361 g/mol. The number of carbonyl (C=O) groups excluding carboxylic acids is 1. The van der Waals surface area contributed by atoms with Gasteiger partial charge in [-0.1, -0.05) is 11.6 Å². The van der Waals surface area contributed by atoms with Crippen LogP contribution in [0.5, 0.6) is 0 Å². The maximum atomic E-state index is 13.5. The summed E-state index contributed by atoms with van der Waals surface area (Å²) in [5, 5.41) is 2.33. The molecule has 0 fully saturated rings. The number of nitrogens with one attached hydrogen (secondary N) is 1. The maximum absolute atomic E-state index is 13.5. The normalized spacial score (nSPS) is 10.4. The highest BCUT2D eigenvalue weighted by Crippen LogP contribution is 2.24. The lowest BCUT2D eigenvalue weighted by Crippen LogP contribution is -2.14. The molecule has 1 heterocycles. The highest BCUT2D eigenvalue weighted by Gasteiger charge is 2.13. The molecule has 4 nitrogen and oxygen atoms in total. The van der Waals surface area contributed by atoms with Crippen LogP contribution < -0.4 is 11.1 Å². The van der Waals surface area contributed by atoms with Gasteiger partial charge in [0, 0.05) is 11.6 Å². The Morgan fingerprint density at radius 3 is 2.60 bits per heavy atom. The Bertz CT molecular complexity index is 676. The molecule has 1 aromatic carbocycles. The van der Waals surface area contributed by atoms with E-state index >= 15 is 0 Å². The van der Waals surface area contributed by atoms with E-state index in [1.165, 1.54) is 12.1 Å². The maximum Gasteiger partial charge on any atom is 0.255 e. The molecule has 0 saturated carbocycles. The molecule has 104 valence electrons. The second-order valence-electron chi connectivity index (χ2n) is 3.80. The first-order valence-corrected chi connectivity index (χ1v) is 6.43. The number of benzene rings is 1. The lowest BCUT2D eigenvalue weighted by molar-refractivity contribution is 0.102. The smallest absolute Gasteiger partial charge is 0.255 e. The average molecular weight is 363 g/mol. The van der Waals surface area contributed by atoms with Gasteiger partial charge in [-0.25, -0.2) is 13.8 Å². The number of halogens is 4. The molecule has 2 aromatic rings. The summed E-state index contributed by atoms with van der Waals surface area (Å²) >= 11 is 8.58. The van der Waals surface area contributed by atoms with Crippen LogP contribution in [0.4, 0.5) is 20.3 Å². The van der Waals surface area contributed by atoms with E-state index in [1.54, 1.807) is 0 Å². The molecule has 1 aromatic heterocycles. The molecule has 0 spiro atoms. The molecule has 0 unspecified atom stereocenters. The molecule has 0 atom stereocenters. The van der Waals surface area contributed by atoms with Crippen molar-refractivity contribution in [2.45, 2.75) is 0 Å². The van der Waals surface area contributed by atoms with Crippen molar-refractivity contribution in [3.8, 4) is 0 Å². The van der Waals surface area contributed by atoms with Crippen molar-refractivity contribution in [3.63, 3.8) is 0 Å². The van der Waals surface area contributed by atoms with Crippen molar-refractivity contribution in [2.75, 3.05) is 11.1 Å². The standard InChI is InChI=1S/C12H7BrClF2N3O/c13-6-3-9(8(16)4-7(6)15)18-12(20)5-1-10(14)19-11(17)2-5/h1-4H,(H2,17,19)(H,18,20). The van der Waals surface area contributed by atoms with Crippen LogP contribution in [0.1, 0.15) is 10.4 Å². The Labute approximate surface area is 126 Å². The van der Waals surface area contributed by atoms with Crippen molar-refractivity contribution in [1.29, 1.82) is 0 Å². The molecule has 0 aliphatic rings. The predicted octanol–water partition coefficient (Wildman–Crippen LogP) is 3.61. The van der Waals surface area contributed by atoms with E-state index in [1.807, 2.05) is 0 Å². The van der Waals surface area contributed by atoms with Crippen LogP contribution in [0.2, 0.25) is 5.15 Å². The third kappa shape index (κ3) is 3.23. The van der Waals surface area contributed by atoms with Gasteiger partial charge in [-0.05, 0) is 34.1 Å². The fourth-order valence-electron chi connectivity index (χ4n) is 1.46. The third-order valence-corrected chi connectivity index (χ3v) is 3.14. The van der Waals surface area contributed by atoms with E-state index in [9.17, 15) is 13.6 Å². The van der Waals surface area contributed by atoms with Crippen LogP contribution in [0.25, 0.3) is 0 Å². The number of nitrogen functional groups attached to an aromatic ring is 1. The molecule has 1 amide bonds. The number of rotatable bonds is 2. The Morgan fingerprint density at radius 1 is 1.25 bits per heavy atom. The van der Waals surface area contributed by atoms with Crippen LogP contribution in [0.3, 0.4) is 0 Å². The largest absolute Gasteiger partial charge is 0.384 e. The summed E-state index contributed by atoms with van der Waals surface area (Å²) < 4.78 is 26.6. The van der Waals surface area contributed by atoms with Gasteiger partial charge in [-0.3, -0.25) is 4.79 Å². The zero-order chi connectivity index (χ0) is 14.9. The fourth-order valence-corrected chi connectivity index (χ4v) is 2.02. The first-order chi connectivity index (χ1) is 9.36. The molecular weight excluding hydrogens is 356 g/mol. The summed E-state index contributed by atoms with van der Waals surface area (Å²) in [6, 6.07) is 4.35. The summed E-state index contributed by atoms with van der Waals surface area (Å²) in [7, 11) is 0. The average Bonchev–Trinajstić information content (AvgIpc) is 2.34. The first-order valence-electron chi connectivity index (χ1n) is 5.26. The number of nitrogens with zero attached hydrogens (tertiary/aromatic N) is 1. The summed E-state index contributed by atoms with van der Waals surface area (Å²) in [6.45, 7) is 0. The Hall–Kier alpha value is -1.73. The zero-order valence-corrected chi connectivity index (χ0v) is 12.1. The minimum absolute atomic E-state index is 0.0291. The van der Waals surface area contributed by atoms with E-state index < -0.39 is 17.5 Å². The summed E-state index contributed by atoms with van der Waals surface area (Å²) in [5.74, 6) is -2.24. The fraction of sp³-hybridized carbons (Fsp3) is 0. The number of hydrogen-bond donors (Lipinski definition) is 2. The van der Waals surface area contributed by atoms with E-state index in [0.29, 0.717) is 6.07 Å². The second-order valence-corrected chi connectivity index (χ2v) is 5.05. The molecule has 8 heteroatoms. The molecule has 0 aliphatic carbocycles. The molecule has 3 N–H and O–H groups in total. The molecule has 0 bridgehead atoms. The van der Waals surface area contributed by atoms with E-state index in [2.05, 4.69) is 26.2 Å². The Morgan fingerprint density at radius 2 is 1.95 bits per heavy atom. The van der Waals surface area contributed by atoms with Gasteiger partial charge in [0.2, 0.25) is 0 Å². The minimum atomic E-state index is -0.896. The van der Waals surface area contributed by atoms with Crippen LogP contribution >= 0.6 is 27.5 Å². The zero-order valence-electron chi connectivity index (χ0n) is 9.75. The summed E-state index contributed by atoms with van der Waals surface area (Å²) in [4.78, 5) is 15.6.